The van der Waals surface area contributed by atoms with Gasteiger partial charge < -0.3 is 10.2 Å². The maximum absolute atomic E-state index is 14.4. The predicted octanol–water partition coefficient (Wildman–Crippen LogP) is 2.36. The molecule has 0 unspecified atom stereocenters. The molecule has 0 aliphatic rings. The average Bonchev–Trinajstić information content (AvgIpc) is 2.47. The summed E-state index contributed by atoms with van der Waals surface area (Å²) in [6.07, 6.45) is 3.37. The molecule has 0 bridgehead atoms. The van der Waals surface area contributed by atoms with E-state index in [2.05, 4.69) is 15.3 Å². The van der Waals surface area contributed by atoms with Gasteiger partial charge in [0.05, 0.1) is 12.2 Å². The third-order valence-electron chi connectivity index (χ3n) is 3.00. The number of nitrogens with zero attached hydrogens (tertiary/aromatic N) is 3. The highest BCUT2D eigenvalue weighted by Gasteiger charge is 2.13. The van der Waals surface area contributed by atoms with E-state index in [1.807, 2.05) is 32.2 Å². The molecule has 106 valence electrons. The maximum Gasteiger partial charge on any atom is 0.170 e. The molecular formula is C15H19FN4. The first-order valence-electron chi connectivity index (χ1n) is 6.67. The summed E-state index contributed by atoms with van der Waals surface area (Å²) in [7, 11) is 1.82. The average molecular weight is 274 g/mol. The van der Waals surface area contributed by atoms with Crippen LogP contribution in [0.25, 0.3) is 0 Å². The molecule has 4 nitrogen and oxygen atoms in total. The van der Waals surface area contributed by atoms with Gasteiger partial charge in [-0.3, -0.25) is 4.98 Å². The van der Waals surface area contributed by atoms with Crippen molar-refractivity contribution in [2.24, 2.45) is 0 Å². The first-order valence-corrected chi connectivity index (χ1v) is 6.67. The fraction of sp³-hybridized carbons (Fsp3) is 0.333. The Morgan fingerprint density at radius 2 is 2.05 bits per heavy atom. The molecule has 0 radical (unpaired) electrons. The Balaban J connectivity index is 2.15. The standard InChI is InChI=1S/C15H19FN4/c1-3-17-10-12-7-9-19-15(14(12)16)20(2)11-13-6-4-5-8-18-13/h4-9,17H,3,10-11H2,1-2H3. The largest absolute Gasteiger partial charge is 0.351 e. The summed E-state index contributed by atoms with van der Waals surface area (Å²) in [6, 6.07) is 7.40. The summed E-state index contributed by atoms with van der Waals surface area (Å²) in [5, 5.41) is 3.12. The first-order chi connectivity index (χ1) is 9.72. The first kappa shape index (κ1) is 14.4. The molecule has 2 rings (SSSR count). The van der Waals surface area contributed by atoms with Crippen LogP contribution in [-0.2, 0) is 13.1 Å². The van der Waals surface area contributed by atoms with E-state index in [-0.39, 0.29) is 5.82 Å². The molecule has 2 aromatic rings. The smallest absolute Gasteiger partial charge is 0.170 e. The van der Waals surface area contributed by atoms with Crippen molar-refractivity contribution in [1.82, 2.24) is 15.3 Å². The molecule has 0 aliphatic heterocycles. The van der Waals surface area contributed by atoms with Crippen molar-refractivity contribution in [3.8, 4) is 0 Å². The zero-order valence-electron chi connectivity index (χ0n) is 11.8. The van der Waals surface area contributed by atoms with Crippen LogP contribution in [0.2, 0.25) is 0 Å². The van der Waals surface area contributed by atoms with Gasteiger partial charge in [-0.1, -0.05) is 13.0 Å². The van der Waals surface area contributed by atoms with Crippen LogP contribution in [-0.4, -0.2) is 23.6 Å². The lowest BCUT2D eigenvalue weighted by Gasteiger charge is -2.19. The van der Waals surface area contributed by atoms with E-state index in [9.17, 15) is 4.39 Å². The Morgan fingerprint density at radius 1 is 1.20 bits per heavy atom. The molecule has 20 heavy (non-hydrogen) atoms. The molecular weight excluding hydrogens is 255 g/mol. The van der Waals surface area contributed by atoms with E-state index in [4.69, 9.17) is 0 Å². The van der Waals surface area contributed by atoms with Crippen LogP contribution in [0.1, 0.15) is 18.2 Å². The summed E-state index contributed by atoms with van der Waals surface area (Å²) >= 11 is 0. The zero-order chi connectivity index (χ0) is 14.4. The number of anilines is 1. The van der Waals surface area contributed by atoms with Crippen LogP contribution in [0.3, 0.4) is 0 Å². The quantitative estimate of drug-likeness (QED) is 0.878. The fourth-order valence-electron chi connectivity index (χ4n) is 1.94. The van der Waals surface area contributed by atoms with Gasteiger partial charge in [-0.15, -0.1) is 0 Å². The van der Waals surface area contributed by atoms with Crippen LogP contribution >= 0.6 is 0 Å². The van der Waals surface area contributed by atoms with Gasteiger partial charge in [0.25, 0.3) is 0 Å². The SMILES string of the molecule is CCNCc1ccnc(N(C)Cc2ccccn2)c1F. The van der Waals surface area contributed by atoms with E-state index in [0.717, 1.165) is 12.2 Å². The minimum absolute atomic E-state index is 0.271. The van der Waals surface area contributed by atoms with E-state index >= 15 is 0 Å². The highest BCUT2D eigenvalue weighted by molar-refractivity contribution is 5.42. The molecule has 0 saturated heterocycles. The van der Waals surface area contributed by atoms with Crippen molar-refractivity contribution in [2.75, 3.05) is 18.5 Å². The molecule has 0 aliphatic carbocycles. The van der Waals surface area contributed by atoms with E-state index in [0.29, 0.717) is 24.5 Å². The second kappa shape index (κ2) is 6.96. The lowest BCUT2D eigenvalue weighted by molar-refractivity contribution is 0.582. The van der Waals surface area contributed by atoms with Crippen molar-refractivity contribution < 1.29 is 4.39 Å². The molecule has 0 saturated carbocycles. The van der Waals surface area contributed by atoms with Crippen molar-refractivity contribution >= 4 is 5.82 Å². The van der Waals surface area contributed by atoms with Crippen LogP contribution in [0, 0.1) is 5.82 Å². The van der Waals surface area contributed by atoms with Crippen molar-refractivity contribution in [1.29, 1.82) is 0 Å². The third-order valence-corrected chi connectivity index (χ3v) is 3.00. The Labute approximate surface area is 118 Å². The van der Waals surface area contributed by atoms with Gasteiger partial charge in [0.2, 0.25) is 0 Å². The molecule has 0 fully saturated rings. The lowest BCUT2D eigenvalue weighted by atomic mass is 10.2. The number of rotatable bonds is 6. The van der Waals surface area contributed by atoms with Gasteiger partial charge in [-0.25, -0.2) is 9.37 Å². The van der Waals surface area contributed by atoms with Crippen LogP contribution in [0.15, 0.2) is 36.7 Å². The highest BCUT2D eigenvalue weighted by Crippen LogP contribution is 2.19. The minimum Gasteiger partial charge on any atom is -0.351 e. The summed E-state index contributed by atoms with van der Waals surface area (Å²) < 4.78 is 14.4. The van der Waals surface area contributed by atoms with E-state index < -0.39 is 0 Å². The number of hydrogen-bond donors (Lipinski definition) is 1. The number of hydrogen-bond acceptors (Lipinski definition) is 4. The molecule has 5 heteroatoms. The fourth-order valence-corrected chi connectivity index (χ4v) is 1.94. The highest BCUT2D eigenvalue weighted by atomic mass is 19.1. The van der Waals surface area contributed by atoms with Crippen molar-refractivity contribution in [3.05, 3.63) is 53.7 Å². The number of pyridine rings is 2. The Hall–Kier alpha value is -2.01. The molecule has 0 aromatic carbocycles. The molecule has 0 spiro atoms. The predicted molar refractivity (Wildman–Crippen MR) is 77.9 cm³/mol. The van der Waals surface area contributed by atoms with Gasteiger partial charge in [0, 0.05) is 31.5 Å². The Kier molecular flexibility index (Phi) is 5.01. The molecule has 0 amide bonds. The van der Waals surface area contributed by atoms with Crippen LogP contribution < -0.4 is 10.2 Å². The van der Waals surface area contributed by atoms with Gasteiger partial charge in [-0.05, 0) is 24.7 Å². The minimum atomic E-state index is -0.271. The maximum atomic E-state index is 14.4. The molecule has 1 N–H and O–H groups in total. The topological polar surface area (TPSA) is 41.1 Å². The summed E-state index contributed by atoms with van der Waals surface area (Å²) in [6.45, 7) is 3.83. The van der Waals surface area contributed by atoms with Crippen molar-refractivity contribution in [3.63, 3.8) is 0 Å². The third kappa shape index (κ3) is 3.51. The lowest BCUT2D eigenvalue weighted by Crippen LogP contribution is -2.21. The van der Waals surface area contributed by atoms with Crippen LogP contribution in [0.4, 0.5) is 10.2 Å². The van der Waals surface area contributed by atoms with Crippen molar-refractivity contribution in [2.45, 2.75) is 20.0 Å². The second-order valence-corrected chi connectivity index (χ2v) is 4.57. The van der Waals surface area contributed by atoms with E-state index in [1.54, 1.807) is 23.4 Å². The Morgan fingerprint density at radius 3 is 2.75 bits per heavy atom. The van der Waals surface area contributed by atoms with Crippen LogP contribution in [0.5, 0.6) is 0 Å². The zero-order valence-corrected chi connectivity index (χ0v) is 11.8. The summed E-state index contributed by atoms with van der Waals surface area (Å²) in [5.41, 5.74) is 1.51. The normalized spacial score (nSPS) is 10.6. The van der Waals surface area contributed by atoms with Gasteiger partial charge in [0.1, 0.15) is 0 Å². The monoisotopic (exact) mass is 274 g/mol. The van der Waals surface area contributed by atoms with Gasteiger partial charge in [-0.2, -0.15) is 0 Å². The van der Waals surface area contributed by atoms with E-state index in [1.165, 1.54) is 0 Å². The number of halogens is 1. The molecule has 2 heterocycles. The molecule has 0 atom stereocenters. The Bertz CT molecular complexity index is 545. The summed E-state index contributed by atoms with van der Waals surface area (Å²) in [4.78, 5) is 10.2. The number of nitrogens with one attached hydrogen (secondary N) is 1. The summed E-state index contributed by atoms with van der Waals surface area (Å²) in [5.74, 6) is 0.0814. The molecule has 2 aromatic heterocycles. The number of aromatic nitrogens is 2. The van der Waals surface area contributed by atoms with Gasteiger partial charge in [0.15, 0.2) is 11.6 Å². The van der Waals surface area contributed by atoms with Gasteiger partial charge >= 0.3 is 0 Å². The second-order valence-electron chi connectivity index (χ2n) is 4.57.